The molecule has 33 heavy (non-hydrogen) atoms. The molecule has 1 aliphatic carbocycles. The minimum Gasteiger partial charge on any atom is -0.372 e. The molecule has 1 unspecified atom stereocenters. The minimum atomic E-state index is -4.75. The molecule has 1 saturated carbocycles. The van der Waals surface area contributed by atoms with E-state index in [9.17, 15) is 23.1 Å². The normalized spacial score (nSPS) is 24.9. The average Bonchev–Trinajstić information content (AvgIpc) is 2.93. The zero-order chi connectivity index (χ0) is 24.1. The van der Waals surface area contributed by atoms with E-state index in [1.807, 2.05) is 22.6 Å². The van der Waals surface area contributed by atoms with Gasteiger partial charge in [-0.3, -0.25) is 4.79 Å². The van der Waals surface area contributed by atoms with Crippen LogP contribution in [-0.2, 0) is 16.6 Å². The second-order valence-electron chi connectivity index (χ2n) is 8.66. The van der Waals surface area contributed by atoms with Crippen LogP contribution in [0.5, 0.6) is 0 Å². The highest BCUT2D eigenvalue weighted by molar-refractivity contribution is 14.1. The molecule has 1 amide bonds. The first-order valence-corrected chi connectivity index (χ1v) is 12.4. The third-order valence-electron chi connectivity index (χ3n) is 6.84. The summed E-state index contributed by atoms with van der Waals surface area (Å²) < 4.78 is 42.7. The summed E-state index contributed by atoms with van der Waals surface area (Å²) in [6.45, 7) is 6.31. The molecule has 1 heterocycles. The fraction of sp³-hybridized carbons (Fsp3) is 0.458. The summed E-state index contributed by atoms with van der Waals surface area (Å²) in [6, 6.07) is 8.95. The Kier molecular flexibility index (Phi) is 6.76. The van der Waals surface area contributed by atoms with E-state index >= 15 is 0 Å². The lowest BCUT2D eigenvalue weighted by molar-refractivity contribution is -0.142. The van der Waals surface area contributed by atoms with Crippen LogP contribution < -0.4 is 4.90 Å². The molecule has 0 spiro atoms. The van der Waals surface area contributed by atoms with Crippen LogP contribution in [0.1, 0.15) is 43.4 Å². The highest BCUT2D eigenvalue weighted by Gasteiger charge is 2.57. The van der Waals surface area contributed by atoms with Crippen LogP contribution in [0.2, 0.25) is 5.02 Å². The number of anilines is 1. The SMILES string of the molecule is CCN(CC)[C@H]1C[C@H](CN2C(=O)C(O)(c3ccccc3Cl)c3c2cc(I)cc3C(F)(F)F)C1. The highest BCUT2D eigenvalue weighted by Crippen LogP contribution is 2.52. The van der Waals surface area contributed by atoms with Crippen LogP contribution in [0.25, 0.3) is 0 Å². The number of benzene rings is 2. The first-order chi connectivity index (χ1) is 15.5. The summed E-state index contributed by atoms with van der Waals surface area (Å²) in [7, 11) is 0. The molecule has 2 aromatic rings. The predicted octanol–water partition coefficient (Wildman–Crippen LogP) is 5.67. The second kappa shape index (κ2) is 9.02. The van der Waals surface area contributed by atoms with Crippen LogP contribution in [0, 0.1) is 9.49 Å². The standard InChI is InChI=1S/C24H25ClF3IN2O2/c1-3-30(4-2)16-9-14(10-16)13-31-20-12-15(29)11-18(24(26,27)28)21(20)23(33,22(31)32)17-7-5-6-8-19(17)25/h5-8,11-12,14,16,33H,3-4,9-10,13H2,1-2H3/t14-,16-,23?. The predicted molar refractivity (Wildman–Crippen MR) is 130 cm³/mol. The second-order valence-corrected chi connectivity index (χ2v) is 10.3. The van der Waals surface area contributed by atoms with Gasteiger partial charge in [-0.25, -0.2) is 0 Å². The van der Waals surface area contributed by atoms with Crippen molar-refractivity contribution in [2.75, 3.05) is 24.5 Å². The zero-order valence-corrected chi connectivity index (χ0v) is 21.2. The molecule has 0 bridgehead atoms. The summed E-state index contributed by atoms with van der Waals surface area (Å²) in [5, 5.41) is 11.7. The third kappa shape index (κ3) is 4.17. The molecule has 1 aliphatic heterocycles. The molecular formula is C24H25ClF3IN2O2. The Balaban J connectivity index is 1.79. The van der Waals surface area contributed by atoms with Crippen molar-refractivity contribution in [3.8, 4) is 0 Å². The van der Waals surface area contributed by atoms with Crippen molar-refractivity contribution in [1.29, 1.82) is 0 Å². The lowest BCUT2D eigenvalue weighted by atomic mass is 9.78. The number of hydrogen-bond acceptors (Lipinski definition) is 3. The maximum absolute atomic E-state index is 14.1. The van der Waals surface area contributed by atoms with Crippen molar-refractivity contribution in [2.45, 2.75) is 44.5 Å². The van der Waals surface area contributed by atoms with E-state index in [4.69, 9.17) is 11.6 Å². The molecule has 4 nitrogen and oxygen atoms in total. The van der Waals surface area contributed by atoms with Crippen molar-refractivity contribution in [1.82, 2.24) is 4.90 Å². The average molecular weight is 593 g/mol. The van der Waals surface area contributed by atoms with E-state index < -0.39 is 28.8 Å². The number of carbonyl (C=O) groups excluding carboxylic acids is 1. The lowest BCUT2D eigenvalue weighted by Crippen LogP contribution is -2.50. The molecule has 2 aromatic carbocycles. The molecule has 9 heteroatoms. The van der Waals surface area contributed by atoms with E-state index in [-0.39, 0.29) is 28.7 Å². The van der Waals surface area contributed by atoms with Crippen molar-refractivity contribution in [3.05, 3.63) is 61.7 Å². The monoisotopic (exact) mass is 592 g/mol. The smallest absolute Gasteiger partial charge is 0.372 e. The molecule has 0 radical (unpaired) electrons. The number of alkyl halides is 3. The summed E-state index contributed by atoms with van der Waals surface area (Å²) in [4.78, 5) is 17.3. The fourth-order valence-corrected chi connectivity index (χ4v) is 6.03. The van der Waals surface area contributed by atoms with Gasteiger partial charge in [0.2, 0.25) is 0 Å². The number of carbonyl (C=O) groups is 1. The van der Waals surface area contributed by atoms with Gasteiger partial charge in [0, 0.05) is 32.3 Å². The summed E-state index contributed by atoms with van der Waals surface area (Å²) >= 11 is 8.10. The highest BCUT2D eigenvalue weighted by atomic mass is 127. The summed E-state index contributed by atoms with van der Waals surface area (Å²) in [5.41, 5.74) is -3.90. The summed E-state index contributed by atoms with van der Waals surface area (Å²) in [5.74, 6) is -0.641. The number of hydrogen-bond donors (Lipinski definition) is 1. The van der Waals surface area contributed by atoms with Gasteiger partial charge in [-0.05, 0) is 72.6 Å². The van der Waals surface area contributed by atoms with Crippen LogP contribution in [0.3, 0.4) is 0 Å². The minimum absolute atomic E-state index is 0.0399. The van der Waals surface area contributed by atoms with Crippen LogP contribution in [0.4, 0.5) is 18.9 Å². The van der Waals surface area contributed by atoms with Crippen molar-refractivity contribution in [2.24, 2.45) is 5.92 Å². The lowest BCUT2D eigenvalue weighted by Gasteiger charge is -2.43. The molecule has 1 atom stereocenters. The van der Waals surface area contributed by atoms with Crippen LogP contribution in [0.15, 0.2) is 36.4 Å². The van der Waals surface area contributed by atoms with Gasteiger partial charge < -0.3 is 14.9 Å². The van der Waals surface area contributed by atoms with E-state index in [2.05, 4.69) is 18.7 Å². The molecule has 0 saturated heterocycles. The molecule has 1 fully saturated rings. The van der Waals surface area contributed by atoms with Gasteiger partial charge in [0.1, 0.15) is 0 Å². The van der Waals surface area contributed by atoms with Crippen LogP contribution >= 0.6 is 34.2 Å². The molecular weight excluding hydrogens is 568 g/mol. The molecule has 0 aromatic heterocycles. The Morgan fingerprint density at radius 2 is 1.85 bits per heavy atom. The molecule has 1 N–H and O–H groups in total. The van der Waals surface area contributed by atoms with E-state index in [0.717, 1.165) is 32.0 Å². The van der Waals surface area contributed by atoms with Gasteiger partial charge in [-0.2, -0.15) is 13.2 Å². The number of rotatable bonds is 6. The Morgan fingerprint density at radius 1 is 1.21 bits per heavy atom. The van der Waals surface area contributed by atoms with Crippen molar-refractivity contribution < 1.29 is 23.1 Å². The van der Waals surface area contributed by atoms with E-state index in [1.165, 1.54) is 17.0 Å². The first kappa shape index (κ1) is 24.8. The zero-order valence-electron chi connectivity index (χ0n) is 18.3. The van der Waals surface area contributed by atoms with Gasteiger partial charge in [-0.1, -0.05) is 43.6 Å². The first-order valence-electron chi connectivity index (χ1n) is 11.0. The third-order valence-corrected chi connectivity index (χ3v) is 7.79. The maximum Gasteiger partial charge on any atom is 0.416 e. The van der Waals surface area contributed by atoms with Crippen LogP contribution in [-0.4, -0.2) is 41.6 Å². The Morgan fingerprint density at radius 3 is 2.42 bits per heavy atom. The Labute approximate surface area is 209 Å². The largest absolute Gasteiger partial charge is 0.416 e. The topological polar surface area (TPSA) is 43.8 Å². The van der Waals surface area contributed by atoms with Gasteiger partial charge in [0.15, 0.2) is 5.60 Å². The van der Waals surface area contributed by atoms with E-state index in [0.29, 0.717) is 9.61 Å². The Hall–Kier alpha value is -1.36. The van der Waals surface area contributed by atoms with E-state index in [1.54, 1.807) is 18.2 Å². The summed E-state index contributed by atoms with van der Waals surface area (Å²) in [6.07, 6.45) is -3.02. The number of aliphatic hydroxyl groups is 1. The number of fused-ring (bicyclic) bond motifs is 1. The quantitative estimate of drug-likeness (QED) is 0.440. The molecule has 178 valence electrons. The van der Waals surface area contributed by atoms with Crippen molar-refractivity contribution in [3.63, 3.8) is 0 Å². The van der Waals surface area contributed by atoms with Crippen molar-refractivity contribution >= 4 is 45.8 Å². The number of amides is 1. The van der Waals surface area contributed by atoms with Gasteiger partial charge in [0.25, 0.3) is 5.91 Å². The number of halogens is 5. The molecule has 4 rings (SSSR count). The number of nitrogens with zero attached hydrogens (tertiary/aromatic N) is 2. The fourth-order valence-electron chi connectivity index (χ4n) is 5.15. The van der Waals surface area contributed by atoms with Gasteiger partial charge in [0.05, 0.1) is 11.3 Å². The van der Waals surface area contributed by atoms with Gasteiger partial charge >= 0.3 is 6.18 Å². The maximum atomic E-state index is 14.1. The Bertz CT molecular complexity index is 1070. The molecule has 2 aliphatic rings. The van der Waals surface area contributed by atoms with Gasteiger partial charge in [-0.15, -0.1) is 0 Å².